The third-order valence-electron chi connectivity index (χ3n) is 15.0. The predicted octanol–water partition coefficient (Wildman–Crippen LogP) is 8.38. The molecule has 0 aliphatic carbocycles. The molecule has 22 nitrogen and oxygen atoms in total. The van der Waals surface area contributed by atoms with Crippen LogP contribution in [0.5, 0.6) is 0 Å². The van der Waals surface area contributed by atoms with E-state index >= 15 is 0 Å². The van der Waals surface area contributed by atoms with Crippen LogP contribution in [0.4, 0.5) is 49.6 Å². The Labute approximate surface area is 508 Å². The third-order valence-corrected chi connectivity index (χ3v) is 15.6. The molecular formula is C59H50Cl2F6N16O6. The van der Waals surface area contributed by atoms with Gasteiger partial charge in [-0.1, -0.05) is 42.5 Å². The van der Waals surface area contributed by atoms with Crippen LogP contribution < -0.4 is 44.0 Å². The Balaban J connectivity index is 0.000000184. The van der Waals surface area contributed by atoms with E-state index in [0.29, 0.717) is 76.7 Å². The molecule has 4 N–H and O–H groups in total. The molecule has 0 radical (unpaired) electrons. The highest BCUT2D eigenvalue weighted by atomic mass is 35.5. The lowest BCUT2D eigenvalue weighted by molar-refractivity contribution is 0.0944. The lowest BCUT2D eigenvalue weighted by Crippen LogP contribution is -2.43. The Bertz CT molecular complexity index is 4710. The quantitative estimate of drug-likeness (QED) is 0.0954. The van der Waals surface area contributed by atoms with Crippen LogP contribution in [0.25, 0.3) is 33.2 Å². The van der Waals surface area contributed by atoms with Gasteiger partial charge in [0.2, 0.25) is 11.9 Å². The smallest absolute Gasteiger partial charge is 0.352 e. The Kier molecular flexibility index (Phi) is 17.3. The molecule has 14 rings (SSSR count). The lowest BCUT2D eigenvalue weighted by atomic mass is 10.0. The average molecular weight is 1260 g/mol. The van der Waals surface area contributed by atoms with E-state index in [1.54, 1.807) is 35.6 Å². The molecule has 10 aromatic rings. The molecule has 0 atom stereocenters. The van der Waals surface area contributed by atoms with Crippen molar-refractivity contribution < 1.29 is 35.9 Å². The van der Waals surface area contributed by atoms with Gasteiger partial charge in [0.1, 0.15) is 0 Å². The summed E-state index contributed by atoms with van der Waals surface area (Å²) in [5, 5.41) is 22.6. The zero-order chi connectivity index (χ0) is 62.9. The van der Waals surface area contributed by atoms with Crippen LogP contribution in [0.15, 0.2) is 105 Å². The molecule has 0 saturated heterocycles. The number of hydrogen-bond donors (Lipinski definition) is 4. The van der Waals surface area contributed by atoms with E-state index in [0.717, 1.165) is 81.0 Å². The second kappa shape index (κ2) is 25.4. The van der Waals surface area contributed by atoms with Crippen molar-refractivity contribution in [2.24, 2.45) is 14.1 Å². The number of carbonyl (C=O) groups is 2. The number of amides is 2. The highest BCUT2D eigenvalue weighted by Gasteiger charge is 2.27. The molecule has 4 aromatic carbocycles. The summed E-state index contributed by atoms with van der Waals surface area (Å²) in [7, 11) is 3.53. The molecule has 89 heavy (non-hydrogen) atoms. The maximum atomic E-state index is 14.2. The van der Waals surface area contributed by atoms with Crippen molar-refractivity contribution in [2.75, 3.05) is 23.7 Å². The number of anilines is 4. The molecule has 2 amide bonds. The minimum Gasteiger partial charge on any atom is -0.352 e. The zero-order valence-corrected chi connectivity index (χ0v) is 48.6. The van der Waals surface area contributed by atoms with Gasteiger partial charge in [0.15, 0.2) is 34.9 Å². The van der Waals surface area contributed by atoms with E-state index < -0.39 is 82.6 Å². The van der Waals surface area contributed by atoms with Gasteiger partial charge in [-0.3, -0.25) is 38.1 Å². The Morgan fingerprint density at radius 1 is 0.517 bits per heavy atom. The van der Waals surface area contributed by atoms with Crippen molar-refractivity contribution >= 4 is 80.1 Å². The summed E-state index contributed by atoms with van der Waals surface area (Å²) in [4.78, 5) is 97.7. The minimum absolute atomic E-state index is 0.00573. The van der Waals surface area contributed by atoms with E-state index in [-0.39, 0.29) is 55.6 Å². The number of nitrogens with one attached hydrogen (secondary N) is 4. The van der Waals surface area contributed by atoms with Crippen molar-refractivity contribution in [1.82, 2.24) is 68.4 Å². The normalized spacial score (nSPS) is 13.9. The van der Waals surface area contributed by atoms with E-state index in [1.165, 1.54) is 36.9 Å². The summed E-state index contributed by atoms with van der Waals surface area (Å²) in [5.41, 5.74) is -1.18. The monoisotopic (exact) mass is 1260 g/mol. The summed E-state index contributed by atoms with van der Waals surface area (Å²) < 4.78 is 90.8. The Hall–Kier alpha value is -9.96. The molecule has 6 aromatic heterocycles. The number of halogens is 8. The van der Waals surface area contributed by atoms with Crippen LogP contribution in [0, 0.1) is 34.9 Å². The van der Waals surface area contributed by atoms with Gasteiger partial charge in [-0.2, -0.15) is 20.2 Å². The Morgan fingerprint density at radius 2 is 0.899 bits per heavy atom. The van der Waals surface area contributed by atoms with Gasteiger partial charge in [-0.05, 0) is 109 Å². The fraction of sp³-hybridized carbons (Fsp3) is 0.254. The van der Waals surface area contributed by atoms with Crippen molar-refractivity contribution in [2.45, 2.75) is 70.9 Å². The summed E-state index contributed by atoms with van der Waals surface area (Å²) >= 11 is 13.5. The second-order valence-electron chi connectivity index (χ2n) is 21.0. The van der Waals surface area contributed by atoms with Crippen molar-refractivity contribution in [3.05, 3.63) is 206 Å². The van der Waals surface area contributed by atoms with Gasteiger partial charge < -0.3 is 21.3 Å². The van der Waals surface area contributed by atoms with Crippen LogP contribution >= 0.6 is 23.2 Å². The maximum absolute atomic E-state index is 14.2. The largest absolute Gasteiger partial charge is 0.359 e. The van der Waals surface area contributed by atoms with Crippen LogP contribution in [-0.2, 0) is 40.0 Å². The van der Waals surface area contributed by atoms with Gasteiger partial charge in [-0.15, -0.1) is 0 Å². The summed E-state index contributed by atoms with van der Waals surface area (Å²) in [6.45, 7) is -0.379. The van der Waals surface area contributed by atoms with E-state index in [9.17, 15) is 55.1 Å². The first-order chi connectivity index (χ1) is 42.7. The first-order valence-electron chi connectivity index (χ1n) is 27.8. The third kappa shape index (κ3) is 12.4. The number of fused-ring (bicyclic) bond motifs is 19. The van der Waals surface area contributed by atoms with Crippen LogP contribution in [-0.4, -0.2) is 82.7 Å². The molecular weight excluding hydrogens is 1210 g/mol. The summed E-state index contributed by atoms with van der Waals surface area (Å²) in [5.74, 6) is -10.8. The summed E-state index contributed by atoms with van der Waals surface area (Å²) in [6, 6.07) is 8.94. The van der Waals surface area contributed by atoms with Crippen molar-refractivity contribution in [3.8, 4) is 11.4 Å². The highest BCUT2D eigenvalue weighted by molar-refractivity contribution is 6.35. The maximum Gasteiger partial charge on any atom is 0.359 e. The topological polar surface area (TPSA) is 257 Å². The molecule has 0 spiro atoms. The average Bonchev–Trinajstić information content (AvgIpc) is 1.59. The number of rotatable bonds is 4. The van der Waals surface area contributed by atoms with Gasteiger partial charge in [0.25, 0.3) is 11.8 Å². The van der Waals surface area contributed by atoms with E-state index in [2.05, 4.69) is 51.4 Å². The lowest BCUT2D eigenvalue weighted by Gasteiger charge is -2.20. The zero-order valence-electron chi connectivity index (χ0n) is 47.1. The highest BCUT2D eigenvalue weighted by Crippen LogP contribution is 2.38. The van der Waals surface area contributed by atoms with Crippen LogP contribution in [0.2, 0.25) is 10.0 Å². The molecule has 0 unspecified atom stereocenters. The molecule has 4 aliphatic rings. The number of carbonyl (C=O) groups excluding carboxylic acids is 2. The van der Waals surface area contributed by atoms with Crippen molar-refractivity contribution in [3.63, 3.8) is 0 Å². The fourth-order valence-electron chi connectivity index (χ4n) is 10.8. The molecule has 4 bridgehead atoms. The van der Waals surface area contributed by atoms with E-state index in [1.807, 2.05) is 12.4 Å². The molecule has 10 heterocycles. The van der Waals surface area contributed by atoms with E-state index in [4.69, 9.17) is 23.2 Å². The number of aromatic nitrogens is 12. The number of nitrogens with zero attached hydrogens (tertiary/aromatic N) is 12. The number of benzene rings is 4. The molecule has 30 heteroatoms. The van der Waals surface area contributed by atoms with Gasteiger partial charge in [0, 0.05) is 62.7 Å². The summed E-state index contributed by atoms with van der Waals surface area (Å²) in [6.07, 6.45) is 15.0. The first kappa shape index (κ1) is 60.7. The first-order valence-corrected chi connectivity index (χ1v) is 28.5. The number of pyridine rings is 2. The number of hydrogen-bond acceptors (Lipinski definition) is 14. The molecule has 0 saturated carbocycles. The predicted molar refractivity (Wildman–Crippen MR) is 317 cm³/mol. The fourth-order valence-corrected chi connectivity index (χ4v) is 11.3. The van der Waals surface area contributed by atoms with Crippen molar-refractivity contribution in [1.29, 1.82) is 0 Å². The molecule has 0 fully saturated rings. The number of aryl methyl sites for hydroxylation is 4. The SMILES string of the molecule is Cn1cc2c3c(c(Cl)cc2n1)Nc1nc(=O)n(c(=O)n1Cc1cc(F)c(F)c(F)c1)-c1cnccc1C(=O)NCCCCC3.Cn1cc2c3c(c(Cl)cc2n1)Nc1nc(=O)n(c(=O)n1Cc1cc(F)c(F)c(F)c1)-c1cnccc1C(=O)NCCCCCC3. The van der Waals surface area contributed by atoms with Gasteiger partial charge in [0.05, 0.1) is 80.4 Å². The Morgan fingerprint density at radius 3 is 1.30 bits per heavy atom. The molecule has 4 aliphatic heterocycles. The van der Waals surface area contributed by atoms with Crippen LogP contribution in [0.3, 0.4) is 0 Å². The standard InChI is InChI=1S/C30H26ClF3N8O3.C29H24ClF3N8O3/c1-40-15-19-17-6-4-2-3-5-8-36-27(43)18-7-9-35-13-24(18)42-29(44)38-28(37-26(17)20(31)12-23(19)39-40)41(30(42)45)14-16-10-21(32)25(34)22(33)11-16;1-39-14-18-16-5-3-2-4-7-35-26(42)17-6-8-34-12-23(17)41-28(43)37-27(36-25(16)19(30)11-22(18)38-39)40(29(41)44)13-15-9-20(31)24(33)21(32)10-15/h7,9-13,15H,2-6,8,14H2,1H3,(H,36,43)(H,37,38,44);6,8-12,14H,2-5,7,13H2,1H3,(H,35,42)(H,36,37,43). The van der Waals surface area contributed by atoms with Gasteiger partial charge >= 0.3 is 22.8 Å². The molecule has 458 valence electrons. The van der Waals surface area contributed by atoms with Crippen LogP contribution in [0.1, 0.15) is 87.9 Å². The second-order valence-corrected chi connectivity index (χ2v) is 21.8. The minimum atomic E-state index is -1.67. The van der Waals surface area contributed by atoms with Gasteiger partial charge in [-0.25, -0.2) is 54.7 Å².